The van der Waals surface area contributed by atoms with Crippen LogP contribution in [0.1, 0.15) is 51.3 Å². The molecule has 3 heterocycles. The van der Waals surface area contributed by atoms with Gasteiger partial charge in [0.2, 0.25) is 0 Å². The summed E-state index contributed by atoms with van der Waals surface area (Å²) in [5.74, 6) is 2.35. The maximum absolute atomic E-state index is 12.8. The molecule has 5 rings (SSSR count). The van der Waals surface area contributed by atoms with E-state index in [-0.39, 0.29) is 51.7 Å². The topological polar surface area (TPSA) is 85.2 Å². The van der Waals surface area contributed by atoms with Gasteiger partial charge in [0, 0.05) is 19.0 Å². The first-order valence-corrected chi connectivity index (χ1v) is 9.52. The van der Waals surface area contributed by atoms with Crippen LogP contribution in [0.4, 0.5) is 0 Å². The Hall–Kier alpha value is -0.840. The summed E-state index contributed by atoms with van der Waals surface area (Å²) >= 11 is 0. The number of aromatic nitrogens is 4. The minimum atomic E-state index is -0.239. The standard InChI is InChI=1S/C18H24N4O3.3H2S/c1-3-5-21-16-12(17(23)22(6-4-2)18(21)24)19-15(20-16)11-8-9-7-10(11)14-13(9)25-14;;;/h9-11,13-14H,3-8H2,1-2H3,(H,19,20);3*1H2/t9?,10?,11?,13-,14+;;;/m1.../s1. The number of hydrogen-bond donors (Lipinski definition) is 1. The van der Waals surface area contributed by atoms with Crippen LogP contribution in [-0.4, -0.2) is 31.3 Å². The first-order valence-electron chi connectivity index (χ1n) is 9.52. The fourth-order valence-electron chi connectivity index (χ4n) is 5.12. The van der Waals surface area contributed by atoms with Crippen molar-refractivity contribution in [3.63, 3.8) is 0 Å². The predicted molar refractivity (Wildman–Crippen MR) is 124 cm³/mol. The SMILES string of the molecule is CCCn1c(=O)c2[nH]c(C3CC4CC3[C@@H]3O[C@H]43)nc2n(CCC)c1=O.S.S.S. The predicted octanol–water partition coefficient (Wildman–Crippen LogP) is 1.94. The highest BCUT2D eigenvalue weighted by atomic mass is 32.1. The summed E-state index contributed by atoms with van der Waals surface area (Å²) in [5.41, 5.74) is 0.525. The molecule has 1 N–H and O–H groups in total. The number of ether oxygens (including phenoxy) is 1. The van der Waals surface area contributed by atoms with Crippen LogP contribution in [0.5, 0.6) is 0 Å². The van der Waals surface area contributed by atoms with Gasteiger partial charge < -0.3 is 9.72 Å². The van der Waals surface area contributed by atoms with Gasteiger partial charge in [-0.15, -0.1) is 0 Å². The molecule has 0 aromatic carbocycles. The van der Waals surface area contributed by atoms with E-state index in [4.69, 9.17) is 9.72 Å². The summed E-state index contributed by atoms with van der Waals surface area (Å²) in [4.78, 5) is 33.6. The second-order valence-corrected chi connectivity index (χ2v) is 7.78. The zero-order chi connectivity index (χ0) is 17.3. The molecule has 10 heteroatoms. The molecular formula is C18H30N4O3S3. The van der Waals surface area contributed by atoms with Gasteiger partial charge in [0.15, 0.2) is 5.65 Å². The van der Waals surface area contributed by atoms with Crippen molar-refractivity contribution in [3.8, 4) is 0 Å². The molecule has 2 aliphatic carbocycles. The van der Waals surface area contributed by atoms with Gasteiger partial charge in [-0.3, -0.25) is 13.9 Å². The summed E-state index contributed by atoms with van der Waals surface area (Å²) in [7, 11) is 0. The average molecular weight is 447 g/mol. The summed E-state index contributed by atoms with van der Waals surface area (Å²) in [6, 6.07) is 0. The Morgan fingerprint density at radius 1 is 1.04 bits per heavy atom. The van der Waals surface area contributed by atoms with Crippen molar-refractivity contribution in [2.75, 3.05) is 0 Å². The maximum Gasteiger partial charge on any atom is 0.332 e. The van der Waals surface area contributed by atoms with Crippen LogP contribution in [0.3, 0.4) is 0 Å². The number of aryl methyl sites for hydroxylation is 1. The van der Waals surface area contributed by atoms with Gasteiger partial charge in [-0.25, -0.2) is 9.78 Å². The highest BCUT2D eigenvalue weighted by molar-refractivity contribution is 7.59. The molecule has 3 fully saturated rings. The van der Waals surface area contributed by atoms with Crippen LogP contribution in [0.25, 0.3) is 11.2 Å². The van der Waals surface area contributed by atoms with Crippen LogP contribution in [-0.2, 0) is 17.8 Å². The molecule has 2 aromatic heterocycles. The van der Waals surface area contributed by atoms with Crippen molar-refractivity contribution in [2.24, 2.45) is 11.8 Å². The summed E-state index contributed by atoms with van der Waals surface area (Å²) in [5, 5.41) is 0. The van der Waals surface area contributed by atoms with E-state index in [2.05, 4.69) is 4.98 Å². The van der Waals surface area contributed by atoms with Crippen molar-refractivity contribution in [1.29, 1.82) is 0 Å². The summed E-state index contributed by atoms with van der Waals surface area (Å²) in [6.07, 6.45) is 4.73. The smallest absolute Gasteiger partial charge is 0.332 e. The molecule has 7 nitrogen and oxygen atoms in total. The Morgan fingerprint density at radius 3 is 2.32 bits per heavy atom. The summed E-state index contributed by atoms with van der Waals surface area (Å²) < 4.78 is 8.77. The van der Waals surface area contributed by atoms with Crippen LogP contribution < -0.4 is 11.2 Å². The highest BCUT2D eigenvalue weighted by Crippen LogP contribution is 2.61. The molecule has 2 saturated carbocycles. The molecule has 0 radical (unpaired) electrons. The van der Waals surface area contributed by atoms with E-state index in [1.54, 1.807) is 4.57 Å². The Balaban J connectivity index is 0.000000934. The molecule has 3 unspecified atom stereocenters. The van der Waals surface area contributed by atoms with Gasteiger partial charge in [-0.2, -0.15) is 40.5 Å². The number of aromatic amines is 1. The molecule has 2 aromatic rings. The fraction of sp³-hybridized carbons (Fsp3) is 0.722. The number of epoxide rings is 1. The van der Waals surface area contributed by atoms with Crippen molar-refractivity contribution < 1.29 is 4.74 Å². The molecule has 0 spiro atoms. The normalized spacial score (nSPS) is 29.0. The lowest BCUT2D eigenvalue weighted by molar-refractivity contribution is 0.260. The third-order valence-electron chi connectivity index (χ3n) is 6.22. The first kappa shape index (κ1) is 23.4. The Morgan fingerprint density at radius 2 is 1.71 bits per heavy atom. The lowest BCUT2D eigenvalue weighted by atomic mass is 9.88. The monoisotopic (exact) mass is 446 g/mol. The van der Waals surface area contributed by atoms with Crippen LogP contribution in [0.15, 0.2) is 9.59 Å². The second kappa shape index (κ2) is 8.49. The van der Waals surface area contributed by atoms with E-state index < -0.39 is 0 Å². The Bertz CT molecular complexity index is 969. The zero-order valence-corrected chi connectivity index (χ0v) is 19.2. The van der Waals surface area contributed by atoms with Gasteiger partial charge >= 0.3 is 5.69 Å². The number of fused-ring (bicyclic) bond motifs is 6. The largest absolute Gasteiger partial charge is 0.369 e. The van der Waals surface area contributed by atoms with Gasteiger partial charge in [-0.05, 0) is 37.5 Å². The summed E-state index contributed by atoms with van der Waals surface area (Å²) in [6.45, 7) is 5.02. The molecule has 5 atom stereocenters. The van der Waals surface area contributed by atoms with E-state index in [1.807, 2.05) is 13.8 Å². The number of hydrogen-bond acceptors (Lipinski definition) is 4. The van der Waals surface area contributed by atoms with Crippen LogP contribution in [0, 0.1) is 11.8 Å². The highest BCUT2D eigenvalue weighted by Gasteiger charge is 2.63. The molecule has 158 valence electrons. The van der Waals surface area contributed by atoms with E-state index in [9.17, 15) is 9.59 Å². The molecule has 0 amide bonds. The van der Waals surface area contributed by atoms with E-state index in [0.29, 0.717) is 54.2 Å². The molecular weight excluding hydrogens is 416 g/mol. The van der Waals surface area contributed by atoms with Gasteiger partial charge in [0.25, 0.3) is 5.56 Å². The molecule has 1 aliphatic heterocycles. The van der Waals surface area contributed by atoms with E-state index >= 15 is 0 Å². The number of rotatable bonds is 5. The fourth-order valence-corrected chi connectivity index (χ4v) is 5.12. The number of nitrogens with zero attached hydrogens (tertiary/aromatic N) is 3. The van der Waals surface area contributed by atoms with Crippen LogP contribution in [0.2, 0.25) is 0 Å². The minimum Gasteiger partial charge on any atom is -0.369 e. The second-order valence-electron chi connectivity index (χ2n) is 7.78. The lowest BCUT2D eigenvalue weighted by Crippen LogP contribution is -2.40. The maximum atomic E-state index is 12.8. The molecule has 1 saturated heterocycles. The van der Waals surface area contributed by atoms with Crippen molar-refractivity contribution in [1.82, 2.24) is 19.1 Å². The van der Waals surface area contributed by atoms with Gasteiger partial charge in [-0.1, -0.05) is 13.8 Å². The zero-order valence-electron chi connectivity index (χ0n) is 16.2. The third kappa shape index (κ3) is 3.26. The molecule has 28 heavy (non-hydrogen) atoms. The van der Waals surface area contributed by atoms with Crippen molar-refractivity contribution in [3.05, 3.63) is 26.7 Å². The van der Waals surface area contributed by atoms with E-state index in [1.165, 1.54) is 11.0 Å². The third-order valence-corrected chi connectivity index (χ3v) is 6.22. The Labute approximate surface area is 184 Å². The van der Waals surface area contributed by atoms with Crippen LogP contribution >= 0.6 is 40.5 Å². The van der Waals surface area contributed by atoms with Crippen molar-refractivity contribution in [2.45, 2.75) is 70.7 Å². The van der Waals surface area contributed by atoms with E-state index in [0.717, 1.165) is 25.1 Å². The first-order chi connectivity index (χ1) is 12.1. The minimum absolute atomic E-state index is 0. The van der Waals surface area contributed by atoms with Crippen molar-refractivity contribution >= 4 is 51.7 Å². The van der Waals surface area contributed by atoms with Gasteiger partial charge in [0.05, 0.1) is 12.2 Å². The Kier molecular flexibility index (Phi) is 7.11. The lowest BCUT2D eigenvalue weighted by Gasteiger charge is -2.16. The molecule has 3 aliphatic rings. The number of nitrogens with one attached hydrogen (secondary N) is 1. The number of H-pyrrole nitrogens is 1. The van der Waals surface area contributed by atoms with Gasteiger partial charge in [0.1, 0.15) is 11.3 Å². The average Bonchev–Trinajstić information content (AvgIpc) is 2.99. The number of imidazole rings is 1. The quantitative estimate of drug-likeness (QED) is 0.711. The molecule has 2 bridgehead atoms.